The number of nitrogens with zero attached hydrogens (tertiary/aromatic N) is 4. The van der Waals surface area contributed by atoms with Crippen LogP contribution in [0, 0.1) is 35.9 Å². The molecule has 3 saturated carbocycles. The monoisotopic (exact) mass is 444 g/mol. The Balaban J connectivity index is 1.50. The number of aliphatic carboxylic acids is 1. The highest BCUT2D eigenvalue weighted by Crippen LogP contribution is 2.46. The number of hydrogen-bond acceptors (Lipinski definition) is 5. The molecule has 3 aliphatic carbocycles. The number of carboxylic acid groups (broad SMARTS) is 1. The largest absolute Gasteiger partial charge is 0.481 e. The molecule has 0 unspecified atom stereocenters. The smallest absolute Gasteiger partial charge is 0.308 e. The zero-order chi connectivity index (χ0) is 22.7. The first kappa shape index (κ1) is 19.7. The molecule has 2 bridgehead atoms. The molecule has 0 radical (unpaired) electrons. The number of terminal acetylenes is 1. The van der Waals surface area contributed by atoms with Gasteiger partial charge in [0.1, 0.15) is 22.7 Å². The van der Waals surface area contributed by atoms with E-state index in [2.05, 4.69) is 26.3 Å². The van der Waals surface area contributed by atoms with E-state index >= 15 is 0 Å². The average Bonchev–Trinajstić information content (AvgIpc) is 3.43. The summed E-state index contributed by atoms with van der Waals surface area (Å²) in [5, 5.41) is 18.6. The number of aromatic amines is 1. The normalized spacial score (nSPS) is 24.2. The van der Waals surface area contributed by atoms with Crippen molar-refractivity contribution in [1.82, 2.24) is 24.6 Å². The van der Waals surface area contributed by atoms with Crippen LogP contribution in [0.4, 0.5) is 10.2 Å². The molecule has 0 aromatic carbocycles. The maximum absolute atomic E-state index is 13.9. The lowest BCUT2D eigenvalue weighted by atomic mass is 9.61. The molecule has 0 amide bonds. The van der Waals surface area contributed by atoms with E-state index in [1.54, 1.807) is 16.8 Å². The summed E-state index contributed by atoms with van der Waals surface area (Å²) in [5.41, 5.74) is 2.31. The fourth-order valence-electron chi connectivity index (χ4n) is 5.66. The van der Waals surface area contributed by atoms with Gasteiger partial charge in [-0.2, -0.15) is 0 Å². The van der Waals surface area contributed by atoms with Crippen LogP contribution >= 0.6 is 0 Å². The third-order valence-electron chi connectivity index (χ3n) is 7.20. The molecule has 2 atom stereocenters. The standard InChI is InChI=1S/C24H21FN6O2/c1-2-15-7-8-18-23(28-20-13-5-3-12(4-6-13)19(20)24(32)33)29-22(30-31(15)18)17-11-27-21-16(17)9-14(25)10-26-21/h1,7-13,19-20H,3-6H2,(H,26,27)(H,32,33)(H,28,29,30)/t12?,13?,19-,20-/m0/s1. The van der Waals surface area contributed by atoms with Gasteiger partial charge in [0.05, 0.1) is 12.1 Å². The third-order valence-corrected chi connectivity index (χ3v) is 7.20. The van der Waals surface area contributed by atoms with Crippen LogP contribution in [0.2, 0.25) is 0 Å². The molecule has 3 aliphatic rings. The number of pyridine rings is 1. The molecule has 166 valence electrons. The van der Waals surface area contributed by atoms with E-state index < -0.39 is 17.7 Å². The summed E-state index contributed by atoms with van der Waals surface area (Å²) in [6.45, 7) is 0. The van der Waals surface area contributed by atoms with Crippen LogP contribution in [0.1, 0.15) is 31.4 Å². The SMILES string of the molecule is C#Cc1ccc2c(N[C@H]3C4CCC(CC4)[C@@H]3C(=O)O)nc(-c3c[nH]c4ncc(F)cc34)nn12. The molecule has 3 fully saturated rings. The van der Waals surface area contributed by atoms with Gasteiger partial charge in [-0.1, -0.05) is 5.92 Å². The third kappa shape index (κ3) is 3.05. The number of aromatic nitrogens is 5. The summed E-state index contributed by atoms with van der Waals surface area (Å²) in [6.07, 6.45) is 12.4. The Morgan fingerprint density at radius 3 is 2.82 bits per heavy atom. The number of fused-ring (bicyclic) bond motifs is 5. The molecule has 8 nitrogen and oxygen atoms in total. The maximum atomic E-state index is 13.9. The van der Waals surface area contributed by atoms with E-state index in [4.69, 9.17) is 11.4 Å². The molecule has 4 heterocycles. The van der Waals surface area contributed by atoms with E-state index in [0.29, 0.717) is 39.4 Å². The Kier molecular flexibility index (Phi) is 4.37. The van der Waals surface area contributed by atoms with E-state index in [1.807, 2.05) is 6.07 Å². The van der Waals surface area contributed by atoms with Gasteiger partial charge in [0.2, 0.25) is 0 Å². The van der Waals surface area contributed by atoms with Crippen LogP contribution in [-0.2, 0) is 4.79 Å². The molecule has 3 N–H and O–H groups in total. The van der Waals surface area contributed by atoms with Gasteiger partial charge in [-0.25, -0.2) is 18.9 Å². The lowest BCUT2D eigenvalue weighted by Gasteiger charge is -2.47. The Hall–Kier alpha value is -3.93. The van der Waals surface area contributed by atoms with Crippen molar-refractivity contribution in [3.8, 4) is 23.7 Å². The number of H-pyrrole nitrogens is 1. The summed E-state index contributed by atoms with van der Waals surface area (Å²) in [5.74, 6) is 2.21. The second-order valence-corrected chi connectivity index (χ2v) is 8.91. The lowest BCUT2D eigenvalue weighted by Crippen LogP contribution is -2.51. The first-order valence-electron chi connectivity index (χ1n) is 11.0. The summed E-state index contributed by atoms with van der Waals surface area (Å²) < 4.78 is 15.5. The minimum Gasteiger partial charge on any atom is -0.481 e. The Morgan fingerprint density at radius 1 is 1.27 bits per heavy atom. The first-order chi connectivity index (χ1) is 16.0. The minimum atomic E-state index is -0.773. The number of carboxylic acids is 1. The van der Waals surface area contributed by atoms with Crippen molar-refractivity contribution in [3.05, 3.63) is 42.1 Å². The van der Waals surface area contributed by atoms with Crippen molar-refractivity contribution in [2.45, 2.75) is 31.7 Å². The van der Waals surface area contributed by atoms with Crippen LogP contribution in [0.5, 0.6) is 0 Å². The molecular weight excluding hydrogens is 423 g/mol. The average molecular weight is 444 g/mol. The van der Waals surface area contributed by atoms with Gasteiger partial charge in [-0.3, -0.25) is 4.79 Å². The Bertz CT molecular complexity index is 1440. The highest BCUT2D eigenvalue weighted by atomic mass is 19.1. The molecule has 0 saturated heterocycles. The van der Waals surface area contributed by atoms with Gasteiger partial charge in [0.25, 0.3) is 0 Å². The van der Waals surface area contributed by atoms with Gasteiger partial charge >= 0.3 is 5.97 Å². The molecule has 0 spiro atoms. The summed E-state index contributed by atoms with van der Waals surface area (Å²) in [6, 6.07) is 4.76. The summed E-state index contributed by atoms with van der Waals surface area (Å²) in [4.78, 5) is 24.0. The van der Waals surface area contributed by atoms with Crippen molar-refractivity contribution < 1.29 is 14.3 Å². The van der Waals surface area contributed by atoms with Crippen molar-refractivity contribution in [1.29, 1.82) is 0 Å². The van der Waals surface area contributed by atoms with Gasteiger partial charge in [-0.15, -0.1) is 11.5 Å². The van der Waals surface area contributed by atoms with Crippen molar-refractivity contribution in [3.63, 3.8) is 0 Å². The molecule has 7 rings (SSSR count). The summed E-state index contributed by atoms with van der Waals surface area (Å²) in [7, 11) is 0. The van der Waals surface area contributed by atoms with E-state index in [-0.39, 0.29) is 17.9 Å². The maximum Gasteiger partial charge on any atom is 0.308 e. The van der Waals surface area contributed by atoms with Gasteiger partial charge in [0.15, 0.2) is 11.6 Å². The molecule has 4 aromatic heterocycles. The van der Waals surface area contributed by atoms with Crippen molar-refractivity contribution in [2.24, 2.45) is 17.8 Å². The van der Waals surface area contributed by atoms with Crippen LogP contribution in [0.15, 0.2) is 30.6 Å². The second kappa shape index (κ2) is 7.30. The topological polar surface area (TPSA) is 108 Å². The minimum absolute atomic E-state index is 0.165. The van der Waals surface area contributed by atoms with E-state index in [1.165, 1.54) is 6.07 Å². The highest BCUT2D eigenvalue weighted by Gasteiger charge is 2.47. The predicted molar refractivity (Wildman–Crippen MR) is 120 cm³/mol. The predicted octanol–water partition coefficient (Wildman–Crippen LogP) is 3.69. The van der Waals surface area contributed by atoms with Crippen LogP contribution < -0.4 is 5.32 Å². The van der Waals surface area contributed by atoms with Crippen LogP contribution in [0.25, 0.3) is 27.9 Å². The molecule has 9 heteroatoms. The van der Waals surface area contributed by atoms with Crippen LogP contribution in [0.3, 0.4) is 0 Å². The number of carbonyl (C=O) groups is 1. The molecule has 33 heavy (non-hydrogen) atoms. The van der Waals surface area contributed by atoms with Crippen molar-refractivity contribution >= 4 is 28.3 Å². The fraction of sp³-hybridized carbons (Fsp3) is 0.333. The van der Waals surface area contributed by atoms with Gasteiger partial charge in [0, 0.05) is 23.2 Å². The lowest BCUT2D eigenvalue weighted by molar-refractivity contribution is -0.148. The number of anilines is 1. The quantitative estimate of drug-likeness (QED) is 0.414. The number of rotatable bonds is 4. The molecule has 0 aliphatic heterocycles. The molecule has 4 aromatic rings. The fourth-order valence-corrected chi connectivity index (χ4v) is 5.66. The zero-order valence-electron chi connectivity index (χ0n) is 17.6. The Morgan fingerprint density at radius 2 is 2.06 bits per heavy atom. The van der Waals surface area contributed by atoms with E-state index in [9.17, 15) is 14.3 Å². The number of nitrogens with one attached hydrogen (secondary N) is 2. The molecular formula is C24H21FN6O2. The van der Waals surface area contributed by atoms with Crippen molar-refractivity contribution in [2.75, 3.05) is 5.32 Å². The van der Waals surface area contributed by atoms with Gasteiger partial charge < -0.3 is 15.4 Å². The van der Waals surface area contributed by atoms with Crippen LogP contribution in [-0.4, -0.2) is 41.7 Å². The number of hydrogen-bond donors (Lipinski definition) is 3. The zero-order valence-corrected chi connectivity index (χ0v) is 17.6. The van der Waals surface area contributed by atoms with E-state index in [0.717, 1.165) is 31.9 Å². The van der Waals surface area contributed by atoms with Gasteiger partial charge in [-0.05, 0) is 55.7 Å². The summed E-state index contributed by atoms with van der Waals surface area (Å²) >= 11 is 0. The first-order valence-corrected chi connectivity index (χ1v) is 11.0. The second-order valence-electron chi connectivity index (χ2n) is 8.91. The highest BCUT2D eigenvalue weighted by molar-refractivity contribution is 5.92. The Labute approximate surface area is 188 Å². The number of halogens is 1.